The van der Waals surface area contributed by atoms with E-state index in [1.54, 1.807) is 24.3 Å². The molecule has 0 aliphatic heterocycles. The lowest BCUT2D eigenvalue weighted by molar-refractivity contribution is 0.628. The first-order valence-electron chi connectivity index (χ1n) is 8.55. The summed E-state index contributed by atoms with van der Waals surface area (Å²) in [6, 6.07) is 11.9. The first kappa shape index (κ1) is 19.9. The van der Waals surface area contributed by atoms with Gasteiger partial charge in [0.25, 0.3) is 0 Å². The Morgan fingerprint density at radius 2 is 1.73 bits per heavy atom. The van der Waals surface area contributed by atoms with Crippen LogP contribution in [0.4, 0.5) is 37.2 Å². The summed E-state index contributed by atoms with van der Waals surface area (Å²) in [5.41, 5.74) is 6.98. The molecule has 2 aromatic carbocycles. The van der Waals surface area contributed by atoms with E-state index in [1.807, 2.05) is 0 Å². The van der Waals surface area contributed by atoms with Crippen molar-refractivity contribution in [2.75, 3.05) is 16.4 Å². The topological polar surface area (TPSA) is 115 Å². The van der Waals surface area contributed by atoms with Crippen LogP contribution in [-0.4, -0.2) is 25.1 Å². The van der Waals surface area contributed by atoms with E-state index in [-0.39, 0.29) is 23.5 Å². The van der Waals surface area contributed by atoms with Gasteiger partial charge in [-0.3, -0.25) is 0 Å². The highest BCUT2D eigenvalue weighted by molar-refractivity contribution is 8.00. The molecular weight excluding hydrogens is 430 g/mol. The Kier molecular flexibility index (Phi) is 5.95. The highest BCUT2D eigenvalue weighted by Crippen LogP contribution is 2.29. The van der Waals surface area contributed by atoms with E-state index in [1.165, 1.54) is 47.4 Å². The summed E-state index contributed by atoms with van der Waals surface area (Å²) in [7, 11) is 0. The van der Waals surface area contributed by atoms with Crippen molar-refractivity contribution in [2.24, 2.45) is 0 Å². The number of anilines is 5. The van der Waals surface area contributed by atoms with Crippen molar-refractivity contribution in [3.63, 3.8) is 0 Å². The standard InChI is InChI=1S/C18H14F2N8S2/c19-10-4-6-12(7-5-10)22-16-25-14(24-15(21)26-16)9-29-18-28-27-17(30-18)23-13-3-1-2-11(20)8-13/h1-8H,9H2,(H,23,27)(H3,21,22,24,25,26). The molecule has 0 spiro atoms. The Bertz CT molecular complexity index is 1150. The molecule has 8 nitrogen and oxygen atoms in total. The zero-order valence-corrected chi connectivity index (χ0v) is 16.8. The fraction of sp³-hybridized carbons (Fsp3) is 0.0556. The van der Waals surface area contributed by atoms with E-state index in [9.17, 15) is 8.78 Å². The minimum Gasteiger partial charge on any atom is -0.368 e. The van der Waals surface area contributed by atoms with E-state index < -0.39 is 0 Å². The third-order valence-corrected chi connectivity index (χ3v) is 5.57. The zero-order chi connectivity index (χ0) is 20.9. The number of nitrogen functional groups attached to an aromatic ring is 1. The van der Waals surface area contributed by atoms with Gasteiger partial charge in [0.05, 0.1) is 5.75 Å². The number of nitrogens with zero attached hydrogens (tertiary/aromatic N) is 5. The molecule has 0 radical (unpaired) electrons. The minimum atomic E-state index is -0.337. The second-order valence-corrected chi connectivity index (χ2v) is 8.06. The molecule has 0 fully saturated rings. The van der Waals surface area contributed by atoms with E-state index in [4.69, 9.17) is 5.73 Å². The SMILES string of the molecule is Nc1nc(CSc2nnc(Nc3cccc(F)c3)s2)nc(Nc2ccc(F)cc2)n1. The van der Waals surface area contributed by atoms with Crippen molar-refractivity contribution < 1.29 is 8.78 Å². The molecule has 2 aromatic heterocycles. The molecule has 4 N–H and O–H groups in total. The maximum atomic E-state index is 13.3. The molecule has 4 rings (SSSR count). The molecule has 0 saturated carbocycles. The van der Waals surface area contributed by atoms with Crippen molar-refractivity contribution >= 4 is 51.5 Å². The summed E-state index contributed by atoms with van der Waals surface area (Å²) in [6.07, 6.45) is 0. The van der Waals surface area contributed by atoms with Gasteiger partial charge in [0, 0.05) is 11.4 Å². The van der Waals surface area contributed by atoms with Gasteiger partial charge in [0.1, 0.15) is 17.5 Å². The van der Waals surface area contributed by atoms with E-state index in [0.717, 1.165) is 0 Å². The van der Waals surface area contributed by atoms with Crippen LogP contribution in [0.2, 0.25) is 0 Å². The molecule has 30 heavy (non-hydrogen) atoms. The van der Waals surface area contributed by atoms with Crippen LogP contribution in [0.25, 0.3) is 0 Å². The second-order valence-electron chi connectivity index (χ2n) is 5.86. The molecular formula is C18H14F2N8S2. The van der Waals surface area contributed by atoms with Crippen LogP contribution in [0.5, 0.6) is 0 Å². The first-order chi connectivity index (χ1) is 14.5. The lowest BCUT2D eigenvalue weighted by Crippen LogP contribution is -2.06. The van der Waals surface area contributed by atoms with Gasteiger partial charge < -0.3 is 16.4 Å². The molecule has 4 aromatic rings. The highest BCUT2D eigenvalue weighted by atomic mass is 32.2. The smallest absolute Gasteiger partial charge is 0.232 e. The molecule has 0 bridgehead atoms. The molecule has 0 aliphatic carbocycles. The minimum absolute atomic E-state index is 0.0657. The van der Waals surface area contributed by atoms with Crippen LogP contribution in [0.15, 0.2) is 52.9 Å². The molecule has 0 unspecified atom stereocenters. The summed E-state index contributed by atoms with van der Waals surface area (Å²) in [4.78, 5) is 12.5. The second kappa shape index (κ2) is 8.97. The molecule has 0 atom stereocenters. The normalized spacial score (nSPS) is 10.7. The predicted molar refractivity (Wildman–Crippen MR) is 113 cm³/mol. The lowest BCUT2D eigenvalue weighted by Gasteiger charge is -2.06. The van der Waals surface area contributed by atoms with E-state index >= 15 is 0 Å². The maximum Gasteiger partial charge on any atom is 0.232 e. The van der Waals surface area contributed by atoms with Crippen molar-refractivity contribution in [1.82, 2.24) is 25.1 Å². The van der Waals surface area contributed by atoms with Gasteiger partial charge in [0.15, 0.2) is 4.34 Å². The van der Waals surface area contributed by atoms with Gasteiger partial charge in [-0.1, -0.05) is 29.2 Å². The molecule has 152 valence electrons. The molecule has 0 aliphatic rings. The van der Waals surface area contributed by atoms with Gasteiger partial charge in [-0.05, 0) is 42.5 Å². The van der Waals surface area contributed by atoms with Crippen LogP contribution in [0.1, 0.15) is 5.82 Å². The summed E-state index contributed by atoms with van der Waals surface area (Å²) < 4.78 is 27.0. The number of aromatic nitrogens is 5. The average molecular weight is 444 g/mol. The summed E-state index contributed by atoms with van der Waals surface area (Å²) in [5.74, 6) is 0.491. The van der Waals surface area contributed by atoms with Crippen LogP contribution in [0.3, 0.4) is 0 Å². The van der Waals surface area contributed by atoms with Crippen molar-refractivity contribution in [3.05, 3.63) is 66.0 Å². The van der Waals surface area contributed by atoms with E-state index in [2.05, 4.69) is 35.8 Å². The van der Waals surface area contributed by atoms with Gasteiger partial charge in [-0.25, -0.2) is 8.78 Å². The van der Waals surface area contributed by atoms with Crippen LogP contribution >= 0.6 is 23.1 Å². The van der Waals surface area contributed by atoms with Gasteiger partial charge in [-0.15, -0.1) is 10.2 Å². The summed E-state index contributed by atoms with van der Waals surface area (Å²) in [6.45, 7) is 0. The Hall–Kier alpha value is -3.38. The fourth-order valence-electron chi connectivity index (χ4n) is 2.36. The monoisotopic (exact) mass is 444 g/mol. The average Bonchev–Trinajstić information content (AvgIpc) is 3.15. The molecule has 0 saturated heterocycles. The Balaban J connectivity index is 1.39. The van der Waals surface area contributed by atoms with Gasteiger partial charge >= 0.3 is 0 Å². The summed E-state index contributed by atoms with van der Waals surface area (Å²) in [5, 5.41) is 14.6. The number of rotatable bonds is 7. The summed E-state index contributed by atoms with van der Waals surface area (Å²) >= 11 is 2.70. The Labute approximate surface area is 178 Å². The zero-order valence-electron chi connectivity index (χ0n) is 15.2. The third kappa shape index (κ3) is 5.36. The predicted octanol–water partition coefficient (Wildman–Crippen LogP) is 4.36. The number of thioether (sulfide) groups is 1. The van der Waals surface area contributed by atoms with Crippen molar-refractivity contribution in [1.29, 1.82) is 0 Å². The molecule has 0 amide bonds. The number of hydrogen-bond donors (Lipinski definition) is 3. The van der Waals surface area contributed by atoms with Gasteiger partial charge in [0.2, 0.25) is 17.0 Å². The number of benzene rings is 2. The quantitative estimate of drug-likeness (QED) is 0.358. The Morgan fingerprint density at radius 3 is 2.53 bits per heavy atom. The van der Waals surface area contributed by atoms with Gasteiger partial charge in [-0.2, -0.15) is 15.0 Å². The number of nitrogens with two attached hydrogens (primary N) is 1. The van der Waals surface area contributed by atoms with Crippen molar-refractivity contribution in [2.45, 2.75) is 10.1 Å². The van der Waals surface area contributed by atoms with Crippen LogP contribution < -0.4 is 16.4 Å². The molecule has 12 heteroatoms. The number of nitrogens with one attached hydrogen (secondary N) is 2. The largest absolute Gasteiger partial charge is 0.368 e. The molecule has 2 heterocycles. The third-order valence-electron chi connectivity index (χ3n) is 3.61. The first-order valence-corrected chi connectivity index (χ1v) is 10.4. The fourth-order valence-corrected chi connectivity index (χ4v) is 3.98. The van der Waals surface area contributed by atoms with E-state index in [0.29, 0.717) is 32.4 Å². The number of hydrogen-bond acceptors (Lipinski definition) is 10. The number of halogens is 2. The lowest BCUT2D eigenvalue weighted by atomic mass is 10.3. The highest BCUT2D eigenvalue weighted by Gasteiger charge is 2.10. The van der Waals surface area contributed by atoms with Crippen LogP contribution in [-0.2, 0) is 5.75 Å². The Morgan fingerprint density at radius 1 is 0.900 bits per heavy atom. The van der Waals surface area contributed by atoms with Crippen LogP contribution in [0, 0.1) is 11.6 Å². The maximum absolute atomic E-state index is 13.3. The van der Waals surface area contributed by atoms with Crippen molar-refractivity contribution in [3.8, 4) is 0 Å².